The molecule has 0 bridgehead atoms. The van der Waals surface area contributed by atoms with E-state index in [1.54, 1.807) is 30.3 Å². The van der Waals surface area contributed by atoms with Gasteiger partial charge in [-0.2, -0.15) is 5.26 Å². The van der Waals surface area contributed by atoms with Gasteiger partial charge in [-0.1, -0.05) is 35.9 Å². The Labute approximate surface area is 155 Å². The van der Waals surface area contributed by atoms with Crippen molar-refractivity contribution < 1.29 is 9.53 Å². The standard InChI is InChI=1S/C19H13ClN4O2/c20-17-7-2-1-5-14(17)10-23-18(25)16-11-22-12-24-19(16)26-15-6-3-4-13(8-15)9-21/h1-8,11-12H,10H2,(H,23,25). The van der Waals surface area contributed by atoms with Crippen LogP contribution >= 0.6 is 11.6 Å². The molecule has 0 aliphatic rings. The number of carbonyl (C=O) groups excluding carboxylic acids is 1. The van der Waals surface area contributed by atoms with Crippen molar-refractivity contribution >= 4 is 17.5 Å². The minimum absolute atomic E-state index is 0.103. The van der Waals surface area contributed by atoms with E-state index in [9.17, 15) is 4.79 Å². The zero-order valence-electron chi connectivity index (χ0n) is 13.5. The first-order valence-corrected chi connectivity index (χ1v) is 8.05. The lowest BCUT2D eigenvalue weighted by molar-refractivity contribution is 0.0947. The lowest BCUT2D eigenvalue weighted by Gasteiger charge is -2.10. The van der Waals surface area contributed by atoms with Crippen molar-refractivity contribution in [2.75, 3.05) is 0 Å². The quantitative estimate of drug-likeness (QED) is 0.745. The molecular weight excluding hydrogens is 352 g/mol. The second-order valence-corrected chi connectivity index (χ2v) is 5.66. The summed E-state index contributed by atoms with van der Waals surface area (Å²) in [6, 6.07) is 15.9. The molecule has 1 amide bonds. The Morgan fingerprint density at radius 1 is 1.23 bits per heavy atom. The number of aromatic nitrogens is 2. The fourth-order valence-corrected chi connectivity index (χ4v) is 2.41. The number of hydrogen-bond acceptors (Lipinski definition) is 5. The molecule has 0 unspecified atom stereocenters. The number of nitriles is 1. The highest BCUT2D eigenvalue weighted by Crippen LogP contribution is 2.23. The van der Waals surface area contributed by atoms with Gasteiger partial charge in [-0.25, -0.2) is 9.97 Å². The molecule has 0 spiro atoms. The molecule has 1 aromatic heterocycles. The topological polar surface area (TPSA) is 87.9 Å². The van der Waals surface area contributed by atoms with Crippen molar-refractivity contribution in [2.24, 2.45) is 0 Å². The Morgan fingerprint density at radius 3 is 2.88 bits per heavy atom. The number of halogens is 1. The number of benzene rings is 2. The number of hydrogen-bond donors (Lipinski definition) is 1. The minimum Gasteiger partial charge on any atom is -0.438 e. The first-order valence-electron chi connectivity index (χ1n) is 7.67. The maximum Gasteiger partial charge on any atom is 0.258 e. The summed E-state index contributed by atoms with van der Waals surface area (Å²) in [5.74, 6) is 0.117. The van der Waals surface area contributed by atoms with Crippen molar-refractivity contribution in [3.05, 3.63) is 82.8 Å². The van der Waals surface area contributed by atoms with Gasteiger partial charge in [0.1, 0.15) is 17.6 Å². The maximum absolute atomic E-state index is 12.5. The molecule has 3 aromatic rings. The van der Waals surface area contributed by atoms with Gasteiger partial charge < -0.3 is 10.1 Å². The molecule has 1 heterocycles. The van der Waals surface area contributed by atoms with Crippen molar-refractivity contribution in [3.8, 4) is 17.7 Å². The SMILES string of the molecule is N#Cc1cccc(Oc2ncncc2C(=O)NCc2ccccc2Cl)c1. The van der Waals surface area contributed by atoms with Gasteiger partial charge in [-0.15, -0.1) is 0 Å². The maximum atomic E-state index is 12.5. The van der Waals surface area contributed by atoms with Crippen LogP contribution in [0.3, 0.4) is 0 Å². The highest BCUT2D eigenvalue weighted by molar-refractivity contribution is 6.31. The third-order valence-corrected chi connectivity index (χ3v) is 3.86. The van der Waals surface area contributed by atoms with Crippen LogP contribution in [0.4, 0.5) is 0 Å². The number of ether oxygens (including phenoxy) is 1. The van der Waals surface area contributed by atoms with Gasteiger partial charge in [0.15, 0.2) is 0 Å². The van der Waals surface area contributed by atoms with Crippen LogP contribution in [0, 0.1) is 11.3 Å². The summed E-state index contributed by atoms with van der Waals surface area (Å²) in [6.07, 6.45) is 2.66. The van der Waals surface area contributed by atoms with Crippen LogP contribution < -0.4 is 10.1 Å². The molecule has 128 valence electrons. The van der Waals surface area contributed by atoms with E-state index >= 15 is 0 Å². The highest BCUT2D eigenvalue weighted by atomic mass is 35.5. The molecule has 0 aliphatic carbocycles. The zero-order chi connectivity index (χ0) is 18.4. The average molecular weight is 365 g/mol. The Balaban J connectivity index is 1.77. The van der Waals surface area contributed by atoms with Crippen LogP contribution in [-0.2, 0) is 6.54 Å². The van der Waals surface area contributed by atoms with E-state index in [4.69, 9.17) is 21.6 Å². The summed E-state index contributed by atoms with van der Waals surface area (Å²) < 4.78 is 5.66. The summed E-state index contributed by atoms with van der Waals surface area (Å²) >= 11 is 6.09. The Hall–Kier alpha value is -3.43. The third-order valence-electron chi connectivity index (χ3n) is 3.50. The monoisotopic (exact) mass is 364 g/mol. The Morgan fingerprint density at radius 2 is 2.08 bits per heavy atom. The number of amides is 1. The molecule has 3 rings (SSSR count). The summed E-state index contributed by atoms with van der Waals surface area (Å²) in [5, 5.41) is 12.3. The average Bonchev–Trinajstić information content (AvgIpc) is 2.68. The molecule has 2 aromatic carbocycles. The molecule has 26 heavy (non-hydrogen) atoms. The fraction of sp³-hybridized carbons (Fsp3) is 0.0526. The molecule has 6 nitrogen and oxygen atoms in total. The van der Waals surface area contributed by atoms with E-state index in [0.29, 0.717) is 16.3 Å². The van der Waals surface area contributed by atoms with Gasteiger partial charge >= 0.3 is 0 Å². The van der Waals surface area contributed by atoms with E-state index in [-0.39, 0.29) is 18.0 Å². The Bertz CT molecular complexity index is 985. The number of nitrogens with zero attached hydrogens (tertiary/aromatic N) is 3. The smallest absolute Gasteiger partial charge is 0.258 e. The zero-order valence-corrected chi connectivity index (χ0v) is 14.3. The predicted octanol–water partition coefficient (Wildman–Crippen LogP) is 3.72. The first-order chi connectivity index (χ1) is 12.7. The van der Waals surface area contributed by atoms with Gasteiger partial charge in [0, 0.05) is 17.8 Å². The van der Waals surface area contributed by atoms with Gasteiger partial charge in [-0.3, -0.25) is 4.79 Å². The fourth-order valence-electron chi connectivity index (χ4n) is 2.21. The van der Waals surface area contributed by atoms with Gasteiger partial charge in [0.05, 0.1) is 11.6 Å². The summed E-state index contributed by atoms with van der Waals surface area (Å²) in [5.41, 5.74) is 1.42. The second-order valence-electron chi connectivity index (χ2n) is 5.26. The Kier molecular flexibility index (Phi) is 5.42. The molecule has 1 N–H and O–H groups in total. The summed E-state index contributed by atoms with van der Waals surface area (Å²) in [7, 11) is 0. The van der Waals surface area contributed by atoms with Crippen molar-refractivity contribution in [3.63, 3.8) is 0 Å². The van der Waals surface area contributed by atoms with Crippen LogP contribution in [0.15, 0.2) is 61.1 Å². The number of nitrogens with one attached hydrogen (secondary N) is 1. The van der Waals surface area contributed by atoms with Crippen molar-refractivity contribution in [1.29, 1.82) is 5.26 Å². The van der Waals surface area contributed by atoms with E-state index in [1.165, 1.54) is 12.5 Å². The van der Waals surface area contributed by atoms with Crippen LogP contribution in [0.5, 0.6) is 11.6 Å². The van der Waals surface area contributed by atoms with Crippen molar-refractivity contribution in [2.45, 2.75) is 6.54 Å². The molecule has 0 fully saturated rings. The van der Waals surface area contributed by atoms with Gasteiger partial charge in [0.25, 0.3) is 5.91 Å². The lowest BCUT2D eigenvalue weighted by atomic mass is 10.2. The third kappa shape index (κ3) is 4.15. The van der Waals surface area contributed by atoms with E-state index in [2.05, 4.69) is 15.3 Å². The molecule has 0 aliphatic heterocycles. The number of carbonyl (C=O) groups is 1. The molecule has 0 radical (unpaired) electrons. The molecule has 0 saturated heterocycles. The van der Waals surface area contributed by atoms with Crippen LogP contribution in [0.2, 0.25) is 5.02 Å². The van der Waals surface area contributed by atoms with Gasteiger partial charge in [-0.05, 0) is 29.8 Å². The predicted molar refractivity (Wildman–Crippen MR) is 95.9 cm³/mol. The van der Waals surface area contributed by atoms with Crippen LogP contribution in [0.1, 0.15) is 21.5 Å². The normalized spacial score (nSPS) is 10.0. The number of rotatable bonds is 5. The van der Waals surface area contributed by atoms with E-state index < -0.39 is 5.91 Å². The minimum atomic E-state index is -0.392. The van der Waals surface area contributed by atoms with Crippen molar-refractivity contribution in [1.82, 2.24) is 15.3 Å². The summed E-state index contributed by atoms with van der Waals surface area (Å²) in [6.45, 7) is 0.261. The molecular formula is C19H13ClN4O2. The molecule has 0 saturated carbocycles. The van der Waals surface area contributed by atoms with Gasteiger partial charge in [0.2, 0.25) is 5.88 Å². The van der Waals surface area contributed by atoms with Crippen LogP contribution in [0.25, 0.3) is 0 Å². The summed E-state index contributed by atoms with van der Waals surface area (Å²) in [4.78, 5) is 20.4. The van der Waals surface area contributed by atoms with E-state index in [1.807, 2.05) is 24.3 Å². The molecule has 7 heteroatoms. The molecule has 0 atom stereocenters. The van der Waals surface area contributed by atoms with E-state index in [0.717, 1.165) is 5.56 Å². The first kappa shape index (κ1) is 17.4. The lowest BCUT2D eigenvalue weighted by Crippen LogP contribution is -2.24. The van der Waals surface area contributed by atoms with Crippen LogP contribution in [-0.4, -0.2) is 15.9 Å². The second kappa shape index (κ2) is 8.10. The largest absolute Gasteiger partial charge is 0.438 e. The highest BCUT2D eigenvalue weighted by Gasteiger charge is 2.15.